The van der Waals surface area contributed by atoms with Gasteiger partial charge in [-0.25, -0.2) is 0 Å². The molecular formula is C23H27F3N2O3. The Kier molecular flexibility index (Phi) is 7.10. The molecule has 2 atom stereocenters. The Bertz CT molecular complexity index is 903. The first-order chi connectivity index (χ1) is 14.8. The smallest absolute Gasteiger partial charge is 0.389 e. The molecule has 2 aromatic rings. The molecular weight excluding hydrogens is 409 g/mol. The van der Waals surface area contributed by atoms with E-state index in [1.54, 1.807) is 6.07 Å². The third-order valence-electron chi connectivity index (χ3n) is 5.69. The highest BCUT2D eigenvalue weighted by molar-refractivity contribution is 5.83. The summed E-state index contributed by atoms with van der Waals surface area (Å²) in [5, 5.41) is 2.67. The number of methoxy groups -OCH3 is 2. The van der Waals surface area contributed by atoms with Crippen LogP contribution in [0.4, 0.5) is 13.2 Å². The first kappa shape index (κ1) is 22.9. The number of carbonyl (C=O) groups is 1. The minimum absolute atomic E-state index is 0.160. The van der Waals surface area contributed by atoms with E-state index < -0.39 is 24.7 Å². The van der Waals surface area contributed by atoms with Crippen molar-refractivity contribution < 1.29 is 27.4 Å². The number of hydrogen-bond donors (Lipinski definition) is 1. The van der Waals surface area contributed by atoms with E-state index in [0.717, 1.165) is 16.7 Å². The second kappa shape index (κ2) is 9.60. The van der Waals surface area contributed by atoms with Crippen LogP contribution in [0.15, 0.2) is 42.5 Å². The van der Waals surface area contributed by atoms with Crippen LogP contribution >= 0.6 is 0 Å². The summed E-state index contributed by atoms with van der Waals surface area (Å²) in [5.41, 5.74) is 2.38. The predicted molar refractivity (Wildman–Crippen MR) is 111 cm³/mol. The SMILES string of the molecule is CNC(=O)C(c1ccccc1)N1CCc2cc(OC)c(OC)cc2C1CCC(F)(F)F. The monoisotopic (exact) mass is 436 g/mol. The molecule has 1 N–H and O–H groups in total. The summed E-state index contributed by atoms with van der Waals surface area (Å²) in [6, 6.07) is 11.4. The third kappa shape index (κ3) is 5.12. The van der Waals surface area contributed by atoms with Gasteiger partial charge in [-0.3, -0.25) is 9.69 Å². The number of halogens is 3. The van der Waals surface area contributed by atoms with Crippen LogP contribution in [0.3, 0.4) is 0 Å². The molecule has 1 aliphatic heterocycles. The van der Waals surface area contributed by atoms with Gasteiger partial charge in [0.2, 0.25) is 5.91 Å². The highest BCUT2D eigenvalue weighted by Crippen LogP contribution is 2.44. The molecule has 0 spiro atoms. The lowest BCUT2D eigenvalue weighted by Gasteiger charge is -2.42. The minimum atomic E-state index is -4.30. The quantitative estimate of drug-likeness (QED) is 0.698. The molecule has 0 bridgehead atoms. The van der Waals surface area contributed by atoms with Gasteiger partial charge in [0.05, 0.1) is 14.2 Å². The van der Waals surface area contributed by atoms with Crippen molar-refractivity contribution in [1.82, 2.24) is 10.2 Å². The minimum Gasteiger partial charge on any atom is -0.493 e. The van der Waals surface area contributed by atoms with Crippen LogP contribution < -0.4 is 14.8 Å². The molecule has 0 aliphatic carbocycles. The molecule has 0 aromatic heterocycles. The number of benzene rings is 2. The maximum Gasteiger partial charge on any atom is 0.389 e. The van der Waals surface area contributed by atoms with E-state index in [0.29, 0.717) is 24.5 Å². The second-order valence-electron chi connectivity index (χ2n) is 7.49. The van der Waals surface area contributed by atoms with Crippen molar-refractivity contribution in [3.63, 3.8) is 0 Å². The molecule has 2 aromatic carbocycles. The topological polar surface area (TPSA) is 50.8 Å². The summed E-state index contributed by atoms with van der Waals surface area (Å²) in [5.74, 6) is 0.735. The van der Waals surface area contributed by atoms with Crippen LogP contribution in [0, 0.1) is 0 Å². The Hall–Kier alpha value is -2.74. The lowest BCUT2D eigenvalue weighted by atomic mass is 9.86. The van der Waals surface area contributed by atoms with Gasteiger partial charge in [0.15, 0.2) is 11.5 Å². The number of likely N-dealkylation sites (N-methyl/N-ethyl adjacent to an activating group) is 1. The van der Waals surface area contributed by atoms with Gasteiger partial charge >= 0.3 is 6.18 Å². The van der Waals surface area contributed by atoms with Crippen molar-refractivity contribution >= 4 is 5.91 Å². The Morgan fingerprint density at radius 3 is 2.39 bits per heavy atom. The average Bonchev–Trinajstić information content (AvgIpc) is 2.77. The van der Waals surface area contributed by atoms with E-state index in [2.05, 4.69) is 5.32 Å². The van der Waals surface area contributed by atoms with Crippen LogP contribution in [0.1, 0.15) is 41.6 Å². The molecule has 0 fully saturated rings. The fourth-order valence-corrected chi connectivity index (χ4v) is 4.24. The van der Waals surface area contributed by atoms with Crippen LogP contribution in [-0.2, 0) is 11.2 Å². The zero-order valence-corrected chi connectivity index (χ0v) is 17.8. The zero-order chi connectivity index (χ0) is 22.6. The molecule has 3 rings (SSSR count). The van der Waals surface area contributed by atoms with E-state index in [1.165, 1.54) is 21.3 Å². The Balaban J connectivity index is 2.09. The number of hydrogen-bond acceptors (Lipinski definition) is 4. The van der Waals surface area contributed by atoms with Gasteiger partial charge < -0.3 is 14.8 Å². The molecule has 1 aliphatic rings. The molecule has 1 amide bonds. The van der Waals surface area contributed by atoms with E-state index >= 15 is 0 Å². The van der Waals surface area contributed by atoms with Gasteiger partial charge in [0, 0.05) is 26.1 Å². The van der Waals surface area contributed by atoms with Crippen molar-refractivity contribution in [3.8, 4) is 11.5 Å². The molecule has 31 heavy (non-hydrogen) atoms. The number of rotatable bonds is 7. The molecule has 168 valence electrons. The number of nitrogens with one attached hydrogen (secondary N) is 1. The molecule has 0 saturated carbocycles. The van der Waals surface area contributed by atoms with Crippen molar-refractivity contribution in [2.24, 2.45) is 0 Å². The lowest BCUT2D eigenvalue weighted by Crippen LogP contribution is -2.45. The summed E-state index contributed by atoms with van der Waals surface area (Å²) < 4.78 is 50.3. The fourth-order valence-electron chi connectivity index (χ4n) is 4.24. The maximum absolute atomic E-state index is 13.2. The number of fused-ring (bicyclic) bond motifs is 1. The normalized spacial score (nSPS) is 17.5. The highest BCUT2D eigenvalue weighted by Gasteiger charge is 2.39. The first-order valence-electron chi connectivity index (χ1n) is 10.1. The summed E-state index contributed by atoms with van der Waals surface area (Å²) >= 11 is 0. The van der Waals surface area contributed by atoms with Crippen molar-refractivity contribution in [1.29, 1.82) is 0 Å². The van der Waals surface area contributed by atoms with Gasteiger partial charge in [-0.05, 0) is 41.7 Å². The standard InChI is InChI=1S/C23H27F3N2O3/c1-27-22(29)21(15-7-5-4-6-8-15)28-12-10-16-13-19(30-2)20(31-3)14-17(16)18(28)9-11-23(24,25)26/h4-8,13-14,18,21H,9-12H2,1-3H3,(H,27,29). The van der Waals surface area contributed by atoms with Gasteiger partial charge in [0.25, 0.3) is 0 Å². The fraction of sp³-hybridized carbons (Fsp3) is 0.435. The molecule has 0 saturated heterocycles. The molecule has 5 nitrogen and oxygen atoms in total. The second-order valence-corrected chi connectivity index (χ2v) is 7.49. The number of nitrogens with zero attached hydrogens (tertiary/aromatic N) is 1. The Labute approximate surface area is 180 Å². The molecule has 2 unspecified atom stereocenters. The van der Waals surface area contributed by atoms with Crippen molar-refractivity contribution in [2.75, 3.05) is 27.8 Å². The van der Waals surface area contributed by atoms with Gasteiger partial charge in [-0.15, -0.1) is 0 Å². The zero-order valence-electron chi connectivity index (χ0n) is 17.8. The number of alkyl halides is 3. The van der Waals surface area contributed by atoms with Crippen LogP contribution in [0.2, 0.25) is 0 Å². The van der Waals surface area contributed by atoms with Crippen LogP contribution in [0.25, 0.3) is 0 Å². The number of ether oxygens (including phenoxy) is 2. The van der Waals surface area contributed by atoms with E-state index in [-0.39, 0.29) is 12.3 Å². The predicted octanol–water partition coefficient (Wildman–Crippen LogP) is 4.43. The lowest BCUT2D eigenvalue weighted by molar-refractivity contribution is -0.140. The third-order valence-corrected chi connectivity index (χ3v) is 5.69. The number of amides is 1. The molecule has 0 radical (unpaired) electrons. The molecule has 1 heterocycles. The van der Waals surface area contributed by atoms with Gasteiger partial charge in [-0.2, -0.15) is 13.2 Å². The summed E-state index contributed by atoms with van der Waals surface area (Å²) in [6.45, 7) is 0.442. The largest absolute Gasteiger partial charge is 0.493 e. The maximum atomic E-state index is 13.2. The van der Waals surface area contributed by atoms with E-state index in [1.807, 2.05) is 41.3 Å². The first-order valence-corrected chi connectivity index (χ1v) is 10.1. The van der Waals surface area contributed by atoms with E-state index in [4.69, 9.17) is 9.47 Å². The Morgan fingerprint density at radius 2 is 1.81 bits per heavy atom. The van der Waals surface area contributed by atoms with Crippen molar-refractivity contribution in [2.45, 2.75) is 37.5 Å². The summed E-state index contributed by atoms with van der Waals surface area (Å²) in [6.07, 6.45) is -4.82. The summed E-state index contributed by atoms with van der Waals surface area (Å²) in [7, 11) is 4.55. The highest BCUT2D eigenvalue weighted by atomic mass is 19.4. The van der Waals surface area contributed by atoms with Gasteiger partial charge in [-0.1, -0.05) is 30.3 Å². The van der Waals surface area contributed by atoms with Crippen molar-refractivity contribution in [3.05, 3.63) is 59.2 Å². The van der Waals surface area contributed by atoms with E-state index in [9.17, 15) is 18.0 Å². The summed E-state index contributed by atoms with van der Waals surface area (Å²) in [4.78, 5) is 14.7. The number of carbonyl (C=O) groups excluding carboxylic acids is 1. The average molecular weight is 436 g/mol. The molecule has 8 heteroatoms. The Morgan fingerprint density at radius 1 is 1.16 bits per heavy atom. The van der Waals surface area contributed by atoms with Gasteiger partial charge in [0.1, 0.15) is 6.04 Å². The van der Waals surface area contributed by atoms with Crippen LogP contribution in [0.5, 0.6) is 11.5 Å². The van der Waals surface area contributed by atoms with Crippen LogP contribution in [-0.4, -0.2) is 44.8 Å².